The number of fused-ring (bicyclic) bond motifs is 1. The summed E-state index contributed by atoms with van der Waals surface area (Å²) >= 11 is 5.62. The molecule has 0 fully saturated rings. The van der Waals surface area contributed by atoms with E-state index in [2.05, 4.69) is 5.32 Å². The Balaban J connectivity index is 1.81. The maximum atomic E-state index is 13.9. The zero-order valence-electron chi connectivity index (χ0n) is 16.6. The predicted molar refractivity (Wildman–Crippen MR) is 114 cm³/mol. The van der Waals surface area contributed by atoms with Gasteiger partial charge in [-0.05, 0) is 55.9 Å². The number of ether oxygens (including phenoxy) is 3. The zero-order valence-corrected chi connectivity index (χ0v) is 17.4. The molecule has 2 aromatic carbocycles. The Labute approximate surface area is 179 Å². The summed E-state index contributed by atoms with van der Waals surface area (Å²) < 4.78 is 30.4. The largest absolute Gasteiger partial charge is 0.486 e. The van der Waals surface area contributed by atoms with E-state index in [0.717, 1.165) is 0 Å². The van der Waals surface area contributed by atoms with E-state index in [-0.39, 0.29) is 6.61 Å². The lowest BCUT2D eigenvalue weighted by Gasteiger charge is -2.37. The molecule has 1 N–H and O–H groups in total. The Bertz CT molecular complexity index is 1040. The molecule has 2 aliphatic rings. The number of anilines is 1. The van der Waals surface area contributed by atoms with Gasteiger partial charge in [-0.25, -0.2) is 9.18 Å². The summed E-state index contributed by atoms with van der Waals surface area (Å²) in [6, 6.07) is 10.9. The van der Waals surface area contributed by atoms with Crippen LogP contribution in [0.1, 0.15) is 25.5 Å². The van der Waals surface area contributed by atoms with Crippen LogP contribution >= 0.6 is 12.2 Å². The van der Waals surface area contributed by atoms with Crippen LogP contribution in [0.2, 0.25) is 0 Å². The third kappa shape index (κ3) is 3.70. The van der Waals surface area contributed by atoms with Gasteiger partial charge in [0.1, 0.15) is 19.0 Å². The molecule has 8 heteroatoms. The Morgan fingerprint density at radius 2 is 2.00 bits per heavy atom. The Morgan fingerprint density at radius 1 is 1.23 bits per heavy atom. The number of nitrogens with one attached hydrogen (secondary N) is 1. The molecular formula is C22H21FN2O4S. The zero-order chi connectivity index (χ0) is 21.3. The standard InChI is InChI=1S/C22H21FN2O4S/c1-3-27-21(26)19-13(2)25(16-7-8-17-18(12-16)29-10-9-28-17)22(30)24-20(19)14-5-4-6-15(23)11-14/h4-8,11-12,20H,3,9-10H2,1-2H3,(H,24,30). The Morgan fingerprint density at radius 3 is 2.73 bits per heavy atom. The fraction of sp³-hybridized carbons (Fsp3) is 0.273. The molecule has 2 aromatic rings. The molecule has 4 rings (SSSR count). The highest BCUT2D eigenvalue weighted by molar-refractivity contribution is 7.80. The second-order valence-electron chi connectivity index (χ2n) is 6.82. The maximum Gasteiger partial charge on any atom is 0.338 e. The van der Waals surface area contributed by atoms with E-state index in [9.17, 15) is 9.18 Å². The summed E-state index contributed by atoms with van der Waals surface area (Å²) in [5.41, 5.74) is 2.27. The first-order valence-electron chi connectivity index (χ1n) is 9.63. The third-order valence-corrected chi connectivity index (χ3v) is 5.25. The van der Waals surface area contributed by atoms with E-state index < -0.39 is 17.8 Å². The van der Waals surface area contributed by atoms with E-state index in [1.165, 1.54) is 12.1 Å². The lowest BCUT2D eigenvalue weighted by Crippen LogP contribution is -2.48. The molecule has 2 aliphatic heterocycles. The fourth-order valence-corrected chi connectivity index (χ4v) is 3.99. The van der Waals surface area contributed by atoms with Crippen LogP contribution in [-0.2, 0) is 9.53 Å². The molecule has 0 aromatic heterocycles. The van der Waals surface area contributed by atoms with Crippen molar-refractivity contribution in [3.63, 3.8) is 0 Å². The summed E-state index contributed by atoms with van der Waals surface area (Å²) in [5.74, 6) is 0.391. The van der Waals surface area contributed by atoms with Crippen LogP contribution in [0.3, 0.4) is 0 Å². The average molecular weight is 428 g/mol. The number of rotatable bonds is 4. The normalized spacial score (nSPS) is 18.2. The first-order chi connectivity index (χ1) is 14.5. The van der Waals surface area contributed by atoms with Gasteiger partial charge in [-0.15, -0.1) is 0 Å². The third-order valence-electron chi connectivity index (χ3n) is 4.95. The minimum absolute atomic E-state index is 0.222. The lowest BCUT2D eigenvalue weighted by atomic mass is 9.94. The van der Waals surface area contributed by atoms with Crippen LogP contribution < -0.4 is 19.7 Å². The van der Waals surface area contributed by atoms with Gasteiger partial charge in [0.2, 0.25) is 0 Å². The van der Waals surface area contributed by atoms with Crippen LogP contribution in [0.5, 0.6) is 11.5 Å². The summed E-state index contributed by atoms with van der Waals surface area (Å²) in [6.07, 6.45) is 0. The first-order valence-corrected chi connectivity index (χ1v) is 10.0. The van der Waals surface area contributed by atoms with Gasteiger partial charge in [0.05, 0.1) is 23.9 Å². The smallest absolute Gasteiger partial charge is 0.338 e. The minimum atomic E-state index is -0.624. The molecule has 156 valence electrons. The SMILES string of the molecule is CCOC(=O)C1=C(C)N(c2ccc3c(c2)OCCO3)C(=S)NC1c1cccc(F)c1. The van der Waals surface area contributed by atoms with Crippen LogP contribution in [0, 0.1) is 5.82 Å². The molecule has 0 aliphatic carbocycles. The summed E-state index contributed by atoms with van der Waals surface area (Å²) in [6.45, 7) is 4.72. The van der Waals surface area contributed by atoms with Crippen LogP contribution in [0.15, 0.2) is 53.7 Å². The van der Waals surface area contributed by atoms with E-state index in [1.807, 2.05) is 18.2 Å². The molecule has 1 unspecified atom stereocenters. The molecule has 0 saturated carbocycles. The number of allylic oxidation sites excluding steroid dienone is 1. The van der Waals surface area contributed by atoms with Gasteiger partial charge in [-0.2, -0.15) is 0 Å². The molecule has 6 nitrogen and oxygen atoms in total. The Kier molecular flexibility index (Phi) is 5.59. The van der Waals surface area contributed by atoms with E-state index in [0.29, 0.717) is 52.3 Å². The van der Waals surface area contributed by atoms with Gasteiger partial charge < -0.3 is 19.5 Å². The van der Waals surface area contributed by atoms with Gasteiger partial charge in [-0.1, -0.05) is 12.1 Å². The highest BCUT2D eigenvalue weighted by Crippen LogP contribution is 2.38. The second-order valence-corrected chi connectivity index (χ2v) is 7.21. The van der Waals surface area contributed by atoms with Crippen LogP contribution in [0.25, 0.3) is 0 Å². The van der Waals surface area contributed by atoms with Crippen LogP contribution in [-0.4, -0.2) is 30.9 Å². The number of benzene rings is 2. The highest BCUT2D eigenvalue weighted by Gasteiger charge is 2.36. The van der Waals surface area contributed by atoms with Crippen molar-refractivity contribution in [3.8, 4) is 11.5 Å². The van der Waals surface area contributed by atoms with Gasteiger partial charge in [0.25, 0.3) is 0 Å². The number of carbonyl (C=O) groups excluding carboxylic acids is 1. The molecule has 2 heterocycles. The number of esters is 1. The number of carbonyl (C=O) groups is 1. The molecule has 0 bridgehead atoms. The number of hydrogen-bond acceptors (Lipinski definition) is 5. The molecule has 30 heavy (non-hydrogen) atoms. The van der Waals surface area contributed by atoms with E-state index in [4.69, 9.17) is 26.4 Å². The van der Waals surface area contributed by atoms with E-state index in [1.54, 1.807) is 30.9 Å². The van der Waals surface area contributed by atoms with Crippen molar-refractivity contribution >= 4 is 29.0 Å². The van der Waals surface area contributed by atoms with Crippen molar-refractivity contribution in [1.29, 1.82) is 0 Å². The second kappa shape index (κ2) is 8.31. The monoisotopic (exact) mass is 428 g/mol. The highest BCUT2D eigenvalue weighted by atomic mass is 32.1. The van der Waals surface area contributed by atoms with Crippen molar-refractivity contribution in [2.45, 2.75) is 19.9 Å². The van der Waals surface area contributed by atoms with Gasteiger partial charge >= 0.3 is 5.97 Å². The summed E-state index contributed by atoms with van der Waals surface area (Å²) in [7, 11) is 0. The van der Waals surface area contributed by atoms with Crippen molar-refractivity contribution in [3.05, 3.63) is 65.1 Å². The van der Waals surface area contributed by atoms with Gasteiger partial charge in [0, 0.05) is 11.8 Å². The first kappa shape index (κ1) is 20.2. The Hall–Kier alpha value is -3.13. The van der Waals surface area contributed by atoms with Gasteiger partial charge in [-0.3, -0.25) is 4.90 Å². The fourth-order valence-electron chi connectivity index (χ4n) is 3.63. The van der Waals surface area contributed by atoms with Gasteiger partial charge in [0.15, 0.2) is 16.6 Å². The van der Waals surface area contributed by atoms with Crippen molar-refractivity contribution in [2.75, 3.05) is 24.7 Å². The molecule has 0 spiro atoms. The lowest BCUT2D eigenvalue weighted by molar-refractivity contribution is -0.139. The number of thiocarbonyl (C=S) groups is 1. The number of nitrogens with zero attached hydrogens (tertiary/aromatic N) is 1. The van der Waals surface area contributed by atoms with Crippen molar-refractivity contribution in [2.24, 2.45) is 0 Å². The summed E-state index contributed by atoms with van der Waals surface area (Å²) in [4.78, 5) is 14.6. The van der Waals surface area contributed by atoms with E-state index >= 15 is 0 Å². The average Bonchev–Trinajstić information content (AvgIpc) is 2.73. The number of hydrogen-bond donors (Lipinski definition) is 1. The quantitative estimate of drug-likeness (QED) is 0.586. The predicted octanol–water partition coefficient (Wildman–Crippen LogP) is 3.87. The number of halogens is 1. The molecule has 1 atom stereocenters. The summed E-state index contributed by atoms with van der Waals surface area (Å²) in [5, 5.41) is 3.55. The van der Waals surface area contributed by atoms with Crippen LogP contribution in [0.4, 0.5) is 10.1 Å². The van der Waals surface area contributed by atoms with Crippen molar-refractivity contribution < 1.29 is 23.4 Å². The molecule has 0 saturated heterocycles. The maximum absolute atomic E-state index is 13.9. The molecule has 0 amide bonds. The minimum Gasteiger partial charge on any atom is -0.486 e. The molecule has 0 radical (unpaired) electrons. The molecular weight excluding hydrogens is 407 g/mol. The van der Waals surface area contributed by atoms with Crippen molar-refractivity contribution in [1.82, 2.24) is 5.32 Å². The topological polar surface area (TPSA) is 60.0 Å².